The maximum Gasteiger partial charge on any atom is 0.122 e. The summed E-state index contributed by atoms with van der Waals surface area (Å²) in [5, 5.41) is 8.94. The van der Waals surface area contributed by atoms with Crippen molar-refractivity contribution in [3.05, 3.63) is 34.9 Å². The van der Waals surface area contributed by atoms with E-state index in [4.69, 9.17) is 15.7 Å². The van der Waals surface area contributed by atoms with E-state index in [-0.39, 0.29) is 0 Å². The third kappa shape index (κ3) is 1.74. The molecule has 16 heavy (non-hydrogen) atoms. The highest BCUT2D eigenvalue weighted by atomic mass is 16.5. The molecule has 1 heterocycles. The molecule has 82 valence electrons. The molecule has 0 aliphatic carbocycles. The Hall–Kier alpha value is -1.95. The van der Waals surface area contributed by atoms with Crippen molar-refractivity contribution in [2.45, 2.75) is 19.8 Å². The number of fused-ring (bicyclic) bond motifs is 1. The van der Waals surface area contributed by atoms with E-state index in [2.05, 4.69) is 6.07 Å². The van der Waals surface area contributed by atoms with Crippen LogP contribution in [-0.2, 0) is 6.42 Å². The fourth-order valence-electron chi connectivity index (χ4n) is 1.86. The molecule has 0 atom stereocenters. The number of allylic oxidation sites excluding steroid dienone is 1. The summed E-state index contributed by atoms with van der Waals surface area (Å²) in [6, 6.07) is 7.99. The van der Waals surface area contributed by atoms with Crippen LogP contribution in [0.3, 0.4) is 0 Å². The molecule has 2 N–H and O–H groups in total. The maximum absolute atomic E-state index is 8.94. The highest BCUT2D eigenvalue weighted by Gasteiger charge is 2.13. The van der Waals surface area contributed by atoms with Gasteiger partial charge in [-0.25, -0.2) is 0 Å². The number of nitrogens with zero attached hydrogens (tertiary/aromatic N) is 1. The summed E-state index contributed by atoms with van der Waals surface area (Å²) in [4.78, 5) is 0. The van der Waals surface area contributed by atoms with E-state index < -0.39 is 0 Å². The Bertz CT molecular complexity index is 483. The molecule has 1 aromatic carbocycles. The van der Waals surface area contributed by atoms with Crippen molar-refractivity contribution < 1.29 is 4.74 Å². The third-order valence-electron chi connectivity index (χ3n) is 2.81. The predicted molar refractivity (Wildman–Crippen MR) is 62.7 cm³/mol. The lowest BCUT2D eigenvalue weighted by molar-refractivity contribution is 0.357. The number of rotatable bonds is 2. The van der Waals surface area contributed by atoms with Gasteiger partial charge in [0.2, 0.25) is 0 Å². The quantitative estimate of drug-likeness (QED) is 0.768. The molecule has 0 amide bonds. The van der Waals surface area contributed by atoms with Gasteiger partial charge in [-0.05, 0) is 35.7 Å². The van der Waals surface area contributed by atoms with Crippen LogP contribution in [-0.4, -0.2) is 6.61 Å². The van der Waals surface area contributed by atoms with E-state index in [0.29, 0.717) is 17.7 Å². The monoisotopic (exact) mass is 214 g/mol. The summed E-state index contributed by atoms with van der Waals surface area (Å²) in [5.41, 5.74) is 9.29. The van der Waals surface area contributed by atoms with Gasteiger partial charge in [-0.1, -0.05) is 6.92 Å². The van der Waals surface area contributed by atoms with Gasteiger partial charge in [-0.15, -0.1) is 0 Å². The average Bonchev–Trinajstić information content (AvgIpc) is 2.77. The number of hydrogen-bond donors (Lipinski definition) is 1. The van der Waals surface area contributed by atoms with E-state index >= 15 is 0 Å². The van der Waals surface area contributed by atoms with Crippen molar-refractivity contribution in [1.82, 2.24) is 0 Å². The summed E-state index contributed by atoms with van der Waals surface area (Å²) in [5.74, 6) is 0.937. The van der Waals surface area contributed by atoms with Gasteiger partial charge in [0.1, 0.15) is 5.75 Å². The molecule has 0 unspecified atom stereocenters. The third-order valence-corrected chi connectivity index (χ3v) is 2.81. The molecule has 3 nitrogen and oxygen atoms in total. The fourth-order valence-corrected chi connectivity index (χ4v) is 1.86. The lowest BCUT2D eigenvalue weighted by atomic mass is 10.0. The molecule has 0 spiro atoms. The minimum atomic E-state index is 0.583. The number of hydrogen-bond acceptors (Lipinski definition) is 3. The molecule has 1 aliphatic heterocycles. The highest BCUT2D eigenvalue weighted by molar-refractivity contribution is 5.70. The minimum Gasteiger partial charge on any atom is -0.493 e. The molecule has 0 radical (unpaired) electrons. The summed E-state index contributed by atoms with van der Waals surface area (Å²) in [6.45, 7) is 2.67. The van der Waals surface area contributed by atoms with Crippen molar-refractivity contribution in [3.63, 3.8) is 0 Å². The van der Waals surface area contributed by atoms with Crippen LogP contribution in [0.15, 0.2) is 23.8 Å². The zero-order chi connectivity index (χ0) is 11.5. The average molecular weight is 214 g/mol. The van der Waals surface area contributed by atoms with Gasteiger partial charge in [0, 0.05) is 6.42 Å². The second-order valence-electron chi connectivity index (χ2n) is 3.78. The van der Waals surface area contributed by atoms with Crippen molar-refractivity contribution in [2.75, 3.05) is 6.61 Å². The van der Waals surface area contributed by atoms with Gasteiger partial charge >= 0.3 is 0 Å². The molecule has 3 heteroatoms. The molecule has 2 rings (SSSR count). The maximum atomic E-state index is 8.94. The molecule has 0 aromatic heterocycles. The van der Waals surface area contributed by atoms with E-state index in [0.717, 1.165) is 24.3 Å². The molecule has 1 aromatic rings. The largest absolute Gasteiger partial charge is 0.493 e. The van der Waals surface area contributed by atoms with Crippen molar-refractivity contribution >= 4 is 5.70 Å². The van der Waals surface area contributed by atoms with Gasteiger partial charge in [0.25, 0.3) is 0 Å². The first-order chi connectivity index (χ1) is 7.76. The second-order valence-corrected chi connectivity index (χ2v) is 3.78. The Morgan fingerprint density at radius 2 is 2.38 bits per heavy atom. The Morgan fingerprint density at radius 3 is 3.06 bits per heavy atom. The first kappa shape index (κ1) is 10.6. The molecule has 1 aliphatic rings. The first-order valence-electron chi connectivity index (χ1n) is 5.41. The van der Waals surface area contributed by atoms with E-state index in [9.17, 15) is 0 Å². The van der Waals surface area contributed by atoms with E-state index in [1.165, 1.54) is 5.56 Å². The van der Waals surface area contributed by atoms with Crippen molar-refractivity contribution in [1.29, 1.82) is 5.26 Å². The van der Waals surface area contributed by atoms with Gasteiger partial charge in [-0.3, -0.25) is 0 Å². The Kier molecular flexibility index (Phi) is 2.82. The summed E-state index contributed by atoms with van der Waals surface area (Å²) >= 11 is 0. The second kappa shape index (κ2) is 4.28. The molecule has 0 saturated heterocycles. The lowest BCUT2D eigenvalue weighted by Gasteiger charge is -2.06. The molecular weight excluding hydrogens is 200 g/mol. The Labute approximate surface area is 95.1 Å². The van der Waals surface area contributed by atoms with Crippen LogP contribution in [0.2, 0.25) is 0 Å². The zero-order valence-corrected chi connectivity index (χ0v) is 9.29. The SMILES string of the molecule is CC/C(C#N)=C(/N)c1ccc2c(c1)CCO2. The topological polar surface area (TPSA) is 59.0 Å². The number of ether oxygens (including phenoxy) is 1. The van der Waals surface area contributed by atoms with Gasteiger partial charge < -0.3 is 10.5 Å². The smallest absolute Gasteiger partial charge is 0.122 e. The van der Waals surface area contributed by atoms with Crippen LogP contribution in [0.5, 0.6) is 5.75 Å². The minimum absolute atomic E-state index is 0.583. The first-order valence-corrected chi connectivity index (χ1v) is 5.41. The Morgan fingerprint density at radius 1 is 1.56 bits per heavy atom. The summed E-state index contributed by atoms with van der Waals surface area (Å²) in [7, 11) is 0. The van der Waals surface area contributed by atoms with Crippen molar-refractivity contribution in [3.8, 4) is 11.8 Å². The van der Waals surface area contributed by atoms with Crippen LogP contribution in [0, 0.1) is 11.3 Å². The highest BCUT2D eigenvalue weighted by Crippen LogP contribution is 2.28. The van der Waals surface area contributed by atoms with Crippen molar-refractivity contribution in [2.24, 2.45) is 5.73 Å². The van der Waals surface area contributed by atoms with E-state index in [1.54, 1.807) is 0 Å². The molecule has 0 saturated carbocycles. The predicted octanol–water partition coefficient (Wildman–Crippen LogP) is 2.22. The van der Waals surface area contributed by atoms with Gasteiger partial charge in [0.05, 0.1) is 23.9 Å². The van der Waals surface area contributed by atoms with Gasteiger partial charge in [-0.2, -0.15) is 5.26 Å². The van der Waals surface area contributed by atoms with Gasteiger partial charge in [0.15, 0.2) is 0 Å². The van der Waals surface area contributed by atoms with E-state index in [1.807, 2.05) is 25.1 Å². The van der Waals surface area contributed by atoms with Crippen LogP contribution in [0.25, 0.3) is 5.70 Å². The van der Waals surface area contributed by atoms with Crippen LogP contribution in [0.4, 0.5) is 0 Å². The Balaban J connectivity index is 2.43. The molecule has 0 fully saturated rings. The number of nitriles is 1. The zero-order valence-electron chi connectivity index (χ0n) is 9.29. The molecule has 0 bridgehead atoms. The number of benzene rings is 1. The fraction of sp³-hybridized carbons (Fsp3) is 0.308. The summed E-state index contributed by atoms with van der Waals surface area (Å²) in [6.07, 6.45) is 1.58. The normalized spacial score (nSPS) is 14.8. The molecular formula is C13H14N2O. The number of nitrogens with two attached hydrogens (primary N) is 1. The van der Waals surface area contributed by atoms with Crippen LogP contribution in [0.1, 0.15) is 24.5 Å². The standard InChI is InChI=1S/C13H14N2O/c1-2-9(8-14)13(15)11-3-4-12-10(7-11)5-6-16-12/h3-4,7H,2,5-6,15H2,1H3/b13-9-. The summed E-state index contributed by atoms with van der Waals surface area (Å²) < 4.78 is 5.42. The van der Waals surface area contributed by atoms with Crippen LogP contribution < -0.4 is 10.5 Å². The van der Waals surface area contributed by atoms with Crippen LogP contribution >= 0.6 is 0 Å². The lowest BCUT2D eigenvalue weighted by Crippen LogP contribution is -2.00.